The van der Waals surface area contributed by atoms with Crippen LogP contribution in [0.5, 0.6) is 0 Å². The topological polar surface area (TPSA) is 74.0 Å². The fraction of sp³-hybridized carbons (Fsp3) is 0.160. The van der Waals surface area contributed by atoms with Gasteiger partial charge in [0.2, 0.25) is 0 Å². The molecule has 0 atom stereocenters. The first-order valence-corrected chi connectivity index (χ1v) is 10.7. The van der Waals surface area contributed by atoms with Crippen LogP contribution >= 0.6 is 11.8 Å². The molecular weight excluding hydrogens is 392 g/mol. The normalized spacial score (nSPS) is 14.9. The molecule has 1 saturated carbocycles. The van der Waals surface area contributed by atoms with Gasteiger partial charge in [-0.1, -0.05) is 36.4 Å². The van der Waals surface area contributed by atoms with Gasteiger partial charge in [-0.15, -0.1) is 11.8 Å². The zero-order valence-electron chi connectivity index (χ0n) is 16.1. The van der Waals surface area contributed by atoms with E-state index in [1.54, 1.807) is 0 Å². The Morgan fingerprint density at radius 2 is 1.80 bits per heavy atom. The minimum absolute atomic E-state index is 0.646. The first kappa shape index (κ1) is 18.7. The van der Waals surface area contributed by atoms with E-state index in [2.05, 4.69) is 17.1 Å². The monoisotopic (exact) mass is 410 g/mol. The van der Waals surface area contributed by atoms with E-state index in [9.17, 15) is 15.2 Å². The van der Waals surface area contributed by atoms with Crippen LogP contribution in [0.25, 0.3) is 32.7 Å². The van der Waals surface area contributed by atoms with Crippen molar-refractivity contribution in [2.45, 2.75) is 28.9 Å². The van der Waals surface area contributed by atoms with Gasteiger partial charge < -0.3 is 5.11 Å². The van der Waals surface area contributed by atoms with E-state index in [4.69, 9.17) is 0 Å². The second kappa shape index (κ2) is 7.16. The minimum atomic E-state index is -0.730. The summed E-state index contributed by atoms with van der Waals surface area (Å²) in [7, 11) is 0. The quantitative estimate of drug-likeness (QED) is 0.445. The molecule has 1 aromatic heterocycles. The Morgan fingerprint density at radius 1 is 1.00 bits per heavy atom. The Kier molecular flexibility index (Phi) is 4.45. The SMILES string of the molecule is N#Cc1ccc(-c2cncc3ccc(SC4(C(=O)O)CCC4)cc23)c2ccccc12. The van der Waals surface area contributed by atoms with Crippen LogP contribution in [0.3, 0.4) is 0 Å². The molecule has 0 radical (unpaired) electrons. The van der Waals surface area contributed by atoms with Crippen LogP contribution in [-0.4, -0.2) is 20.8 Å². The summed E-state index contributed by atoms with van der Waals surface area (Å²) in [6, 6.07) is 20.1. The predicted molar refractivity (Wildman–Crippen MR) is 119 cm³/mol. The molecule has 4 nitrogen and oxygen atoms in total. The molecule has 0 amide bonds. The van der Waals surface area contributed by atoms with E-state index in [0.717, 1.165) is 44.0 Å². The Morgan fingerprint density at radius 3 is 2.50 bits per heavy atom. The van der Waals surface area contributed by atoms with Gasteiger partial charge in [-0.2, -0.15) is 5.26 Å². The number of rotatable bonds is 4. The lowest BCUT2D eigenvalue weighted by Crippen LogP contribution is -2.41. The smallest absolute Gasteiger partial charge is 0.320 e. The van der Waals surface area contributed by atoms with E-state index in [-0.39, 0.29) is 0 Å². The fourth-order valence-electron chi connectivity index (χ4n) is 4.14. The highest BCUT2D eigenvalue weighted by Crippen LogP contribution is 2.48. The molecule has 0 aliphatic heterocycles. The summed E-state index contributed by atoms with van der Waals surface area (Å²) in [5.41, 5.74) is 2.64. The largest absolute Gasteiger partial charge is 0.480 e. The fourth-order valence-corrected chi connectivity index (χ4v) is 5.48. The average molecular weight is 410 g/mol. The molecule has 5 heteroatoms. The molecule has 3 aromatic carbocycles. The number of nitriles is 1. The lowest BCUT2D eigenvalue weighted by Gasteiger charge is -2.36. The molecule has 0 spiro atoms. The zero-order chi connectivity index (χ0) is 20.7. The Bertz CT molecular complexity index is 1350. The number of benzene rings is 3. The molecular formula is C25H18N2O2S. The number of carboxylic acid groups (broad SMARTS) is 1. The number of aliphatic carboxylic acids is 1. The third kappa shape index (κ3) is 2.92. The van der Waals surface area contributed by atoms with Gasteiger partial charge in [0.15, 0.2) is 0 Å². The summed E-state index contributed by atoms with van der Waals surface area (Å²) in [6.45, 7) is 0. The average Bonchev–Trinajstić information content (AvgIpc) is 2.75. The van der Waals surface area contributed by atoms with Crippen molar-refractivity contribution in [3.8, 4) is 17.2 Å². The van der Waals surface area contributed by atoms with Crippen LogP contribution in [0.4, 0.5) is 0 Å². The maximum absolute atomic E-state index is 11.8. The Labute approximate surface area is 178 Å². The summed E-state index contributed by atoms with van der Waals surface area (Å²) in [5, 5.41) is 23.1. The van der Waals surface area contributed by atoms with Gasteiger partial charge in [0.25, 0.3) is 0 Å². The third-order valence-electron chi connectivity index (χ3n) is 5.93. The Hall–Kier alpha value is -3.36. The molecule has 146 valence electrons. The molecule has 0 unspecified atom stereocenters. The van der Waals surface area contributed by atoms with Crippen molar-refractivity contribution >= 4 is 39.3 Å². The second-order valence-electron chi connectivity index (χ2n) is 7.64. The first-order chi connectivity index (χ1) is 14.6. The van der Waals surface area contributed by atoms with Crippen molar-refractivity contribution in [3.63, 3.8) is 0 Å². The molecule has 1 aliphatic rings. The molecule has 1 heterocycles. The number of fused-ring (bicyclic) bond motifs is 2. The van der Waals surface area contributed by atoms with Crippen molar-refractivity contribution in [1.82, 2.24) is 4.98 Å². The van der Waals surface area contributed by atoms with E-state index in [1.165, 1.54) is 11.8 Å². The zero-order valence-corrected chi connectivity index (χ0v) is 16.9. The molecule has 0 saturated heterocycles. The van der Waals surface area contributed by atoms with Gasteiger partial charge in [-0.25, -0.2) is 0 Å². The number of thioether (sulfide) groups is 1. The Balaban J connectivity index is 1.69. The van der Waals surface area contributed by atoms with Crippen molar-refractivity contribution in [2.24, 2.45) is 0 Å². The molecule has 1 fully saturated rings. The number of hydrogen-bond donors (Lipinski definition) is 1. The van der Waals surface area contributed by atoms with Crippen molar-refractivity contribution in [3.05, 3.63) is 72.6 Å². The maximum Gasteiger partial charge on any atom is 0.320 e. The molecule has 30 heavy (non-hydrogen) atoms. The van der Waals surface area contributed by atoms with Gasteiger partial charge in [-0.3, -0.25) is 9.78 Å². The van der Waals surface area contributed by atoms with Gasteiger partial charge >= 0.3 is 5.97 Å². The number of nitrogens with zero attached hydrogens (tertiary/aromatic N) is 2. The number of carbonyl (C=O) groups is 1. The lowest BCUT2D eigenvalue weighted by molar-refractivity contribution is -0.142. The predicted octanol–water partition coefficient (Wildman–Crippen LogP) is 6.03. The van der Waals surface area contributed by atoms with Gasteiger partial charge in [-0.05, 0) is 53.8 Å². The molecule has 1 N–H and O–H groups in total. The van der Waals surface area contributed by atoms with Gasteiger partial charge in [0.05, 0.1) is 11.6 Å². The third-order valence-corrected chi connectivity index (χ3v) is 7.39. The first-order valence-electron chi connectivity index (χ1n) is 9.84. The molecule has 5 rings (SSSR count). The number of pyridine rings is 1. The number of carboxylic acids is 1. The highest BCUT2D eigenvalue weighted by molar-refractivity contribution is 8.01. The van der Waals surface area contributed by atoms with Crippen LogP contribution < -0.4 is 0 Å². The van der Waals surface area contributed by atoms with Gasteiger partial charge in [0, 0.05) is 33.6 Å². The van der Waals surface area contributed by atoms with Crippen LogP contribution in [0.15, 0.2) is 71.9 Å². The van der Waals surface area contributed by atoms with E-state index in [0.29, 0.717) is 18.4 Å². The summed E-state index contributed by atoms with van der Waals surface area (Å²) in [5.74, 6) is -0.730. The molecule has 1 aliphatic carbocycles. The van der Waals surface area contributed by atoms with E-state index >= 15 is 0 Å². The molecule has 0 bridgehead atoms. The highest BCUT2D eigenvalue weighted by atomic mass is 32.2. The van der Waals surface area contributed by atoms with Crippen LogP contribution in [-0.2, 0) is 4.79 Å². The minimum Gasteiger partial charge on any atom is -0.480 e. The van der Waals surface area contributed by atoms with Crippen LogP contribution in [0.2, 0.25) is 0 Å². The van der Waals surface area contributed by atoms with Crippen molar-refractivity contribution < 1.29 is 9.90 Å². The summed E-state index contributed by atoms with van der Waals surface area (Å²) in [4.78, 5) is 17.2. The summed E-state index contributed by atoms with van der Waals surface area (Å²) >= 11 is 1.45. The summed E-state index contributed by atoms with van der Waals surface area (Å²) < 4.78 is -0.706. The second-order valence-corrected chi connectivity index (χ2v) is 9.10. The van der Waals surface area contributed by atoms with Crippen molar-refractivity contribution in [1.29, 1.82) is 5.26 Å². The van der Waals surface area contributed by atoms with Crippen LogP contribution in [0, 0.1) is 11.3 Å². The van der Waals surface area contributed by atoms with Crippen molar-refractivity contribution in [2.75, 3.05) is 0 Å². The van der Waals surface area contributed by atoms with Gasteiger partial charge in [0.1, 0.15) is 4.75 Å². The summed E-state index contributed by atoms with van der Waals surface area (Å²) in [6.07, 6.45) is 6.04. The van der Waals surface area contributed by atoms with E-state index in [1.807, 2.05) is 60.9 Å². The number of aromatic nitrogens is 1. The standard InChI is InChI=1S/C25H18N2O2S/c26-13-16-7-9-21(20-5-2-1-4-19(16)20)23-15-27-14-17-6-8-18(12-22(17)23)30-25(24(28)29)10-3-11-25/h1-2,4-9,12,14-15H,3,10-11H2,(H,28,29). The number of hydrogen-bond acceptors (Lipinski definition) is 4. The van der Waals surface area contributed by atoms with Crippen LogP contribution in [0.1, 0.15) is 24.8 Å². The maximum atomic E-state index is 11.8. The highest BCUT2D eigenvalue weighted by Gasteiger charge is 2.45. The van der Waals surface area contributed by atoms with E-state index < -0.39 is 10.7 Å². The molecule has 4 aromatic rings. The lowest BCUT2D eigenvalue weighted by atomic mass is 9.84.